The number of halogens is 6. The first-order chi connectivity index (χ1) is 22.5. The molecule has 0 atom stereocenters. The van der Waals surface area contributed by atoms with E-state index in [1.54, 1.807) is 19.2 Å². The second-order valence-corrected chi connectivity index (χ2v) is 11.4. The van der Waals surface area contributed by atoms with Gasteiger partial charge in [-0.3, -0.25) is 4.90 Å². The van der Waals surface area contributed by atoms with Gasteiger partial charge in [0.2, 0.25) is 0 Å². The average molecular weight is 652 g/mol. The first-order valence-corrected chi connectivity index (χ1v) is 15.3. The van der Waals surface area contributed by atoms with Gasteiger partial charge in [0.1, 0.15) is 11.6 Å². The molecular weight excluding hydrogens is 616 g/mol. The lowest BCUT2D eigenvalue weighted by Gasteiger charge is -2.25. The fraction of sp³-hybridized carbons (Fsp3) is 0.270. The predicted octanol–water partition coefficient (Wildman–Crippen LogP) is 10.3. The summed E-state index contributed by atoms with van der Waals surface area (Å²) in [5.74, 6) is 1.38. The van der Waals surface area contributed by atoms with Crippen molar-refractivity contribution in [2.75, 3.05) is 7.11 Å². The highest BCUT2D eigenvalue weighted by molar-refractivity contribution is 5.68. The molecule has 5 rings (SSSR count). The van der Waals surface area contributed by atoms with Crippen molar-refractivity contribution in [2.45, 2.75) is 58.3 Å². The van der Waals surface area contributed by atoms with Crippen molar-refractivity contribution in [3.05, 3.63) is 131 Å². The van der Waals surface area contributed by atoms with E-state index in [4.69, 9.17) is 9.72 Å². The summed E-state index contributed by atoms with van der Waals surface area (Å²) in [6, 6.07) is 28.3. The van der Waals surface area contributed by atoms with Crippen LogP contribution in [0.15, 0.2) is 103 Å². The van der Waals surface area contributed by atoms with E-state index >= 15 is 0 Å². The monoisotopic (exact) mass is 651 g/mol. The quantitative estimate of drug-likeness (QED) is 0.126. The number of aromatic nitrogens is 2. The van der Waals surface area contributed by atoms with Crippen LogP contribution in [0.5, 0.6) is 5.75 Å². The molecular formula is C37H35F6N3O. The van der Waals surface area contributed by atoms with E-state index in [0.717, 1.165) is 53.2 Å². The molecule has 47 heavy (non-hydrogen) atoms. The summed E-state index contributed by atoms with van der Waals surface area (Å²) in [5, 5.41) is 0. The smallest absolute Gasteiger partial charge is 0.416 e. The van der Waals surface area contributed by atoms with Crippen LogP contribution >= 0.6 is 0 Å². The lowest BCUT2D eigenvalue weighted by Crippen LogP contribution is -2.25. The fourth-order valence-electron chi connectivity index (χ4n) is 5.58. The summed E-state index contributed by atoms with van der Waals surface area (Å²) in [5.41, 5.74) is 1.34. The summed E-state index contributed by atoms with van der Waals surface area (Å²) >= 11 is 0. The van der Waals surface area contributed by atoms with Crippen molar-refractivity contribution in [1.29, 1.82) is 0 Å². The van der Waals surface area contributed by atoms with Crippen LogP contribution in [0.4, 0.5) is 26.3 Å². The molecule has 246 valence electrons. The number of unbranched alkanes of at least 4 members (excludes halogenated alkanes) is 1. The van der Waals surface area contributed by atoms with Crippen LogP contribution in [-0.4, -0.2) is 21.6 Å². The first-order valence-electron chi connectivity index (χ1n) is 15.3. The summed E-state index contributed by atoms with van der Waals surface area (Å²) in [6.45, 7) is 2.99. The van der Waals surface area contributed by atoms with Crippen molar-refractivity contribution >= 4 is 0 Å². The lowest BCUT2D eigenvalue weighted by atomic mass is 10.0. The predicted molar refractivity (Wildman–Crippen MR) is 170 cm³/mol. The molecule has 0 aliphatic carbocycles. The third-order valence-corrected chi connectivity index (χ3v) is 7.88. The van der Waals surface area contributed by atoms with Crippen molar-refractivity contribution in [3.8, 4) is 28.4 Å². The molecule has 0 saturated carbocycles. The summed E-state index contributed by atoms with van der Waals surface area (Å²) in [7, 11) is 1.54. The van der Waals surface area contributed by atoms with Gasteiger partial charge in [0.25, 0.3) is 0 Å². The van der Waals surface area contributed by atoms with E-state index in [9.17, 15) is 26.3 Å². The number of hydrogen-bond donors (Lipinski definition) is 0. The molecule has 0 unspecified atom stereocenters. The van der Waals surface area contributed by atoms with Gasteiger partial charge in [-0.1, -0.05) is 86.1 Å². The third kappa shape index (κ3) is 8.43. The highest BCUT2D eigenvalue weighted by Crippen LogP contribution is 2.37. The zero-order valence-corrected chi connectivity index (χ0v) is 26.1. The first kappa shape index (κ1) is 33.8. The van der Waals surface area contributed by atoms with Crippen LogP contribution in [-0.2, 0) is 38.5 Å². The molecule has 0 radical (unpaired) electrons. The van der Waals surface area contributed by atoms with Gasteiger partial charge in [-0.25, -0.2) is 4.98 Å². The maximum atomic E-state index is 13.8. The highest BCUT2D eigenvalue weighted by atomic mass is 19.4. The minimum Gasteiger partial charge on any atom is -0.497 e. The van der Waals surface area contributed by atoms with E-state index in [1.165, 1.54) is 0 Å². The normalized spacial score (nSPS) is 12.1. The van der Waals surface area contributed by atoms with Gasteiger partial charge in [0, 0.05) is 37.3 Å². The van der Waals surface area contributed by atoms with Crippen LogP contribution in [0.1, 0.15) is 47.7 Å². The molecule has 10 heteroatoms. The Bertz CT molecular complexity index is 1720. The van der Waals surface area contributed by atoms with E-state index in [-0.39, 0.29) is 31.3 Å². The van der Waals surface area contributed by atoms with Gasteiger partial charge >= 0.3 is 12.4 Å². The van der Waals surface area contributed by atoms with Crippen molar-refractivity contribution in [1.82, 2.24) is 14.5 Å². The van der Waals surface area contributed by atoms with E-state index in [2.05, 4.69) is 11.5 Å². The molecule has 4 nitrogen and oxygen atoms in total. The minimum atomic E-state index is -4.94. The van der Waals surface area contributed by atoms with Gasteiger partial charge in [0.05, 0.1) is 29.6 Å². The molecule has 0 bridgehead atoms. The second-order valence-electron chi connectivity index (χ2n) is 11.4. The Kier molecular flexibility index (Phi) is 10.4. The number of hydrogen-bond acceptors (Lipinski definition) is 3. The van der Waals surface area contributed by atoms with Crippen LogP contribution in [0.2, 0.25) is 0 Å². The van der Waals surface area contributed by atoms with E-state index < -0.39 is 23.5 Å². The minimum absolute atomic E-state index is 0.0928. The van der Waals surface area contributed by atoms with Crippen molar-refractivity contribution < 1.29 is 31.1 Å². The maximum Gasteiger partial charge on any atom is 0.416 e. The summed E-state index contributed by atoms with van der Waals surface area (Å²) < 4.78 is 90.3. The van der Waals surface area contributed by atoms with E-state index in [0.29, 0.717) is 18.0 Å². The maximum absolute atomic E-state index is 13.8. The third-order valence-electron chi connectivity index (χ3n) is 7.88. The SMILES string of the molecule is CCCCn1c(-c2ccccc2)nc(-c2ccccc2)c1CN(Cc1ccc(OC)cc1)Cc1cc(C(F)(F)F)cc(C(F)(F)F)c1. The van der Waals surface area contributed by atoms with Crippen LogP contribution in [0.3, 0.4) is 0 Å². The molecule has 0 fully saturated rings. The number of rotatable bonds is 12. The number of ether oxygens (including phenoxy) is 1. The fourth-order valence-corrected chi connectivity index (χ4v) is 5.58. The standard InChI is InChI=1S/C37H35F6N3O/c1-3-4-19-46-33(34(28-11-7-5-8-12-28)44-35(46)29-13-9-6-10-14-29)25-45(23-26-15-17-32(47-2)18-16-26)24-27-20-30(36(38,39)40)22-31(21-27)37(41,42)43/h5-18,20-22H,3-4,19,23-25H2,1-2H3. The molecule has 0 aliphatic rings. The largest absolute Gasteiger partial charge is 0.497 e. The van der Waals surface area contributed by atoms with Gasteiger partial charge in [-0.05, 0) is 47.9 Å². The zero-order chi connectivity index (χ0) is 33.6. The van der Waals surface area contributed by atoms with Crippen LogP contribution in [0, 0.1) is 0 Å². The Balaban J connectivity index is 1.65. The van der Waals surface area contributed by atoms with Crippen LogP contribution in [0.25, 0.3) is 22.6 Å². The Labute approximate surface area is 270 Å². The van der Waals surface area contributed by atoms with Crippen molar-refractivity contribution in [2.24, 2.45) is 0 Å². The molecule has 5 aromatic rings. The lowest BCUT2D eigenvalue weighted by molar-refractivity contribution is -0.143. The summed E-state index contributed by atoms with van der Waals surface area (Å²) in [4.78, 5) is 6.97. The van der Waals surface area contributed by atoms with Gasteiger partial charge < -0.3 is 9.30 Å². The second kappa shape index (κ2) is 14.5. The van der Waals surface area contributed by atoms with Gasteiger partial charge in [-0.2, -0.15) is 26.3 Å². The number of nitrogens with zero attached hydrogens (tertiary/aromatic N) is 3. The number of methoxy groups -OCH3 is 1. The molecule has 0 N–H and O–H groups in total. The highest BCUT2D eigenvalue weighted by Gasteiger charge is 2.37. The Hall–Kier alpha value is -4.57. The molecule has 0 spiro atoms. The Morgan fingerprint density at radius 3 is 1.77 bits per heavy atom. The summed E-state index contributed by atoms with van der Waals surface area (Å²) in [6.07, 6.45) is -8.13. The van der Waals surface area contributed by atoms with Crippen LogP contribution < -0.4 is 4.74 Å². The molecule has 0 aliphatic heterocycles. The molecule has 1 aromatic heterocycles. The van der Waals surface area contributed by atoms with E-state index in [1.807, 2.05) is 77.7 Å². The number of alkyl halides is 6. The molecule has 1 heterocycles. The topological polar surface area (TPSA) is 30.3 Å². The Morgan fingerprint density at radius 1 is 0.681 bits per heavy atom. The Morgan fingerprint density at radius 2 is 1.23 bits per heavy atom. The number of imidazole rings is 1. The molecule has 0 saturated heterocycles. The zero-order valence-electron chi connectivity index (χ0n) is 26.1. The average Bonchev–Trinajstić information content (AvgIpc) is 3.41. The van der Waals surface area contributed by atoms with Gasteiger partial charge in [0.15, 0.2) is 0 Å². The molecule has 4 aromatic carbocycles. The van der Waals surface area contributed by atoms with Gasteiger partial charge in [-0.15, -0.1) is 0 Å². The van der Waals surface area contributed by atoms with Crippen molar-refractivity contribution in [3.63, 3.8) is 0 Å². The number of benzene rings is 4. The molecule has 0 amide bonds.